The number of fused-ring (bicyclic) bond motifs is 2. The Morgan fingerprint density at radius 2 is 1.68 bits per heavy atom. The summed E-state index contributed by atoms with van der Waals surface area (Å²) in [5.74, 6) is 0.606. The molecule has 0 amide bonds. The van der Waals surface area contributed by atoms with E-state index in [2.05, 4.69) is 58.9 Å². The summed E-state index contributed by atoms with van der Waals surface area (Å²) in [4.78, 5) is 11.7. The normalized spacial score (nSPS) is 23.2. The number of hydrogen-bond acceptors (Lipinski definition) is 3. The Morgan fingerprint density at radius 1 is 0.968 bits per heavy atom. The van der Waals surface area contributed by atoms with E-state index in [1.165, 1.54) is 41.2 Å². The lowest BCUT2D eigenvalue weighted by Crippen LogP contribution is -2.35. The van der Waals surface area contributed by atoms with Crippen LogP contribution in [-0.4, -0.2) is 19.2 Å². The molecule has 2 aliphatic rings. The van der Waals surface area contributed by atoms with Crippen molar-refractivity contribution in [2.24, 2.45) is 0 Å². The molecule has 31 heavy (non-hydrogen) atoms. The quantitative estimate of drug-likeness (QED) is 0.431. The molecule has 2 aromatic rings. The molecule has 0 radical (unpaired) electrons. The van der Waals surface area contributed by atoms with Crippen molar-refractivity contribution in [3.8, 4) is 5.75 Å². The Balaban J connectivity index is 1.74. The van der Waals surface area contributed by atoms with Crippen molar-refractivity contribution >= 4 is 12.0 Å². The summed E-state index contributed by atoms with van der Waals surface area (Å²) in [7, 11) is 0. The fourth-order valence-electron chi connectivity index (χ4n) is 5.03. The lowest BCUT2D eigenvalue weighted by atomic mass is 9.62. The Labute approximate surface area is 186 Å². The van der Waals surface area contributed by atoms with E-state index in [0.717, 1.165) is 11.3 Å². The second-order valence-corrected chi connectivity index (χ2v) is 10.5. The predicted molar refractivity (Wildman–Crippen MR) is 126 cm³/mol. The SMILES string of the molecule is CCOC(=O)/C=C/c1ccc2c(c1)C(C)(c1ccc3c(c1)C(C)(C)CCC3(C)C)CO2. The van der Waals surface area contributed by atoms with Crippen LogP contribution >= 0.6 is 0 Å². The molecule has 4 rings (SSSR count). The fraction of sp³-hybridized carbons (Fsp3) is 0.464. The average molecular weight is 419 g/mol. The van der Waals surface area contributed by atoms with Crippen molar-refractivity contribution in [3.63, 3.8) is 0 Å². The second-order valence-electron chi connectivity index (χ2n) is 10.5. The van der Waals surface area contributed by atoms with Crippen LogP contribution < -0.4 is 4.74 Å². The van der Waals surface area contributed by atoms with Gasteiger partial charge in [-0.1, -0.05) is 52.0 Å². The number of ether oxygens (including phenoxy) is 2. The van der Waals surface area contributed by atoms with Crippen molar-refractivity contribution in [2.45, 2.75) is 70.6 Å². The Kier molecular flexibility index (Phi) is 5.28. The minimum absolute atomic E-state index is 0.170. The van der Waals surface area contributed by atoms with E-state index >= 15 is 0 Å². The summed E-state index contributed by atoms with van der Waals surface area (Å²) in [6, 6.07) is 13.2. The molecule has 0 spiro atoms. The first-order valence-electron chi connectivity index (χ1n) is 11.3. The van der Waals surface area contributed by atoms with Crippen LogP contribution in [0.15, 0.2) is 42.5 Å². The molecule has 164 valence electrons. The minimum Gasteiger partial charge on any atom is -0.492 e. The zero-order chi connectivity index (χ0) is 22.4. The van der Waals surface area contributed by atoms with Gasteiger partial charge in [0.15, 0.2) is 0 Å². The molecule has 1 unspecified atom stereocenters. The minimum atomic E-state index is -0.318. The van der Waals surface area contributed by atoms with Crippen molar-refractivity contribution in [3.05, 3.63) is 70.3 Å². The van der Waals surface area contributed by atoms with Gasteiger partial charge in [0.05, 0.1) is 12.0 Å². The molecule has 0 bridgehead atoms. The topological polar surface area (TPSA) is 35.5 Å². The summed E-state index contributed by atoms with van der Waals surface area (Å²) in [5, 5.41) is 0. The largest absolute Gasteiger partial charge is 0.492 e. The van der Waals surface area contributed by atoms with E-state index < -0.39 is 0 Å². The number of benzene rings is 2. The molecule has 0 saturated heterocycles. The van der Waals surface area contributed by atoms with E-state index in [1.807, 2.05) is 25.1 Å². The average Bonchev–Trinajstić information content (AvgIpc) is 3.07. The number of hydrogen-bond donors (Lipinski definition) is 0. The van der Waals surface area contributed by atoms with Gasteiger partial charge in [-0.05, 0) is 78.0 Å². The first kappa shape index (κ1) is 21.7. The highest BCUT2D eigenvalue weighted by atomic mass is 16.5. The lowest BCUT2D eigenvalue weighted by Gasteiger charge is -2.42. The molecule has 3 heteroatoms. The van der Waals surface area contributed by atoms with Crippen LogP contribution in [0.5, 0.6) is 5.75 Å². The van der Waals surface area contributed by atoms with E-state index in [1.54, 1.807) is 0 Å². The molecule has 3 nitrogen and oxygen atoms in total. The zero-order valence-corrected chi connectivity index (χ0v) is 19.7. The maximum atomic E-state index is 11.7. The molecule has 0 fully saturated rings. The molecule has 0 N–H and O–H groups in total. The molecular formula is C28H34O3. The first-order chi connectivity index (χ1) is 14.6. The van der Waals surface area contributed by atoms with E-state index in [4.69, 9.17) is 9.47 Å². The van der Waals surface area contributed by atoms with E-state index in [-0.39, 0.29) is 22.2 Å². The second kappa shape index (κ2) is 7.55. The van der Waals surface area contributed by atoms with Gasteiger partial charge in [0.25, 0.3) is 0 Å². The number of carbonyl (C=O) groups is 1. The summed E-state index contributed by atoms with van der Waals surface area (Å²) >= 11 is 0. The van der Waals surface area contributed by atoms with Gasteiger partial charge in [0, 0.05) is 11.6 Å². The molecule has 1 aliphatic carbocycles. The summed E-state index contributed by atoms with van der Waals surface area (Å²) in [6.07, 6.45) is 5.71. The summed E-state index contributed by atoms with van der Waals surface area (Å²) < 4.78 is 11.1. The van der Waals surface area contributed by atoms with Gasteiger partial charge in [-0.3, -0.25) is 0 Å². The van der Waals surface area contributed by atoms with Crippen molar-refractivity contribution in [2.75, 3.05) is 13.2 Å². The maximum Gasteiger partial charge on any atom is 0.330 e. The van der Waals surface area contributed by atoms with Gasteiger partial charge in [-0.25, -0.2) is 4.79 Å². The van der Waals surface area contributed by atoms with Crippen LogP contribution in [0.4, 0.5) is 0 Å². The van der Waals surface area contributed by atoms with Crippen LogP contribution in [0.1, 0.15) is 82.2 Å². The summed E-state index contributed by atoms with van der Waals surface area (Å²) in [5.41, 5.74) is 6.53. The van der Waals surface area contributed by atoms with Crippen molar-refractivity contribution < 1.29 is 14.3 Å². The lowest BCUT2D eigenvalue weighted by molar-refractivity contribution is -0.137. The molecule has 0 aromatic heterocycles. The van der Waals surface area contributed by atoms with Crippen LogP contribution in [0.2, 0.25) is 0 Å². The highest BCUT2D eigenvalue weighted by Crippen LogP contribution is 2.49. The van der Waals surface area contributed by atoms with Crippen LogP contribution in [0.3, 0.4) is 0 Å². The van der Waals surface area contributed by atoms with E-state index in [9.17, 15) is 4.79 Å². The van der Waals surface area contributed by atoms with Gasteiger partial charge in [0.2, 0.25) is 0 Å². The third kappa shape index (κ3) is 3.79. The zero-order valence-electron chi connectivity index (χ0n) is 19.7. The van der Waals surface area contributed by atoms with Crippen LogP contribution in [0, 0.1) is 0 Å². The molecule has 0 saturated carbocycles. The molecule has 2 aromatic carbocycles. The van der Waals surface area contributed by atoms with Crippen LogP contribution in [-0.2, 0) is 25.8 Å². The van der Waals surface area contributed by atoms with Gasteiger partial charge in [-0.2, -0.15) is 0 Å². The number of esters is 1. The smallest absolute Gasteiger partial charge is 0.330 e. The van der Waals surface area contributed by atoms with Crippen LogP contribution in [0.25, 0.3) is 6.08 Å². The van der Waals surface area contributed by atoms with Crippen molar-refractivity contribution in [1.29, 1.82) is 0 Å². The standard InChI is InChI=1S/C28H34O3/c1-7-30-25(29)13-9-19-8-12-24-23(16-19)28(6,18-31-24)20-10-11-21-22(17-20)27(4,5)15-14-26(21,2)3/h8-13,16-17H,7,14-15,18H2,1-6H3/b13-9+. The highest BCUT2D eigenvalue weighted by molar-refractivity contribution is 5.87. The Morgan fingerprint density at radius 3 is 2.39 bits per heavy atom. The molecule has 1 atom stereocenters. The summed E-state index contributed by atoms with van der Waals surface area (Å²) in [6.45, 7) is 14.5. The third-order valence-corrected chi connectivity index (χ3v) is 7.30. The Bertz CT molecular complexity index is 1040. The predicted octanol–water partition coefficient (Wildman–Crippen LogP) is 6.31. The highest BCUT2D eigenvalue weighted by Gasteiger charge is 2.41. The van der Waals surface area contributed by atoms with E-state index in [0.29, 0.717) is 13.2 Å². The fourth-order valence-corrected chi connectivity index (χ4v) is 5.03. The number of rotatable bonds is 4. The van der Waals surface area contributed by atoms with Gasteiger partial charge < -0.3 is 9.47 Å². The monoisotopic (exact) mass is 418 g/mol. The Hall–Kier alpha value is -2.55. The first-order valence-corrected chi connectivity index (χ1v) is 11.3. The molecular weight excluding hydrogens is 384 g/mol. The third-order valence-electron chi connectivity index (χ3n) is 7.30. The van der Waals surface area contributed by atoms with Gasteiger partial charge >= 0.3 is 5.97 Å². The molecule has 1 aliphatic heterocycles. The number of carbonyl (C=O) groups excluding carboxylic acids is 1. The van der Waals surface area contributed by atoms with Gasteiger partial charge in [-0.15, -0.1) is 0 Å². The maximum absolute atomic E-state index is 11.7. The van der Waals surface area contributed by atoms with Gasteiger partial charge in [0.1, 0.15) is 12.4 Å². The van der Waals surface area contributed by atoms with Crippen molar-refractivity contribution in [1.82, 2.24) is 0 Å². The molecule has 1 heterocycles.